The molecule has 0 aliphatic carbocycles. The number of hydrogen-bond acceptors (Lipinski definition) is 6. The van der Waals surface area contributed by atoms with Gasteiger partial charge in [-0.05, 0) is 36.8 Å². The number of nitrogens with one attached hydrogen (secondary N) is 2. The van der Waals surface area contributed by atoms with Gasteiger partial charge in [0.05, 0.1) is 27.4 Å². The molecule has 33 heavy (non-hydrogen) atoms. The quantitative estimate of drug-likeness (QED) is 0.312. The van der Waals surface area contributed by atoms with Gasteiger partial charge in [0.2, 0.25) is 0 Å². The van der Waals surface area contributed by atoms with Gasteiger partial charge < -0.3 is 14.5 Å². The van der Waals surface area contributed by atoms with Crippen LogP contribution in [-0.4, -0.2) is 29.0 Å². The minimum Gasteiger partial charge on any atom is -0.487 e. The number of carbonyl (C=O) groups excluding carboxylic acids is 2. The van der Waals surface area contributed by atoms with E-state index < -0.39 is 11.9 Å². The molecule has 2 heterocycles. The van der Waals surface area contributed by atoms with E-state index in [-0.39, 0.29) is 44.6 Å². The number of rotatable bonds is 6. The van der Waals surface area contributed by atoms with E-state index in [1.807, 2.05) is 0 Å². The van der Waals surface area contributed by atoms with Gasteiger partial charge in [0.25, 0.3) is 5.91 Å². The van der Waals surface area contributed by atoms with Crippen LogP contribution >= 0.6 is 34.5 Å². The molecule has 4 rings (SSSR count). The highest BCUT2D eigenvalue weighted by molar-refractivity contribution is 7.22. The van der Waals surface area contributed by atoms with Crippen LogP contribution in [0, 0.1) is 12.7 Å². The minimum atomic E-state index is -0.560. The van der Waals surface area contributed by atoms with Crippen LogP contribution in [0.4, 0.5) is 9.52 Å². The van der Waals surface area contributed by atoms with E-state index in [1.54, 1.807) is 25.1 Å². The van der Waals surface area contributed by atoms with Gasteiger partial charge in [-0.3, -0.25) is 10.1 Å². The molecule has 0 unspecified atom stereocenters. The standard InChI is InChI=1S/C22H16Cl2FN3O4S/c1-10-16(23)17(24)19(26-10)20(29)28-22-27-18-14(32-9-11-4-3-5-13(25)6-11)7-12(21(30)31-2)8-15(18)33-22/h3-8,26H,9H2,1-2H3,(H,27,28,29). The van der Waals surface area contributed by atoms with Crippen molar-refractivity contribution in [3.8, 4) is 5.75 Å². The highest BCUT2D eigenvalue weighted by Crippen LogP contribution is 2.35. The highest BCUT2D eigenvalue weighted by atomic mass is 35.5. The number of benzene rings is 2. The summed E-state index contributed by atoms with van der Waals surface area (Å²) in [6.07, 6.45) is 0. The molecule has 1 amide bonds. The number of ether oxygens (including phenoxy) is 2. The summed E-state index contributed by atoms with van der Waals surface area (Å²) in [5.74, 6) is -1.19. The number of aromatic amines is 1. The highest BCUT2D eigenvalue weighted by Gasteiger charge is 2.21. The number of anilines is 1. The molecule has 170 valence electrons. The number of thiazole rings is 1. The number of H-pyrrole nitrogens is 1. The number of carbonyl (C=O) groups is 2. The maximum atomic E-state index is 13.5. The summed E-state index contributed by atoms with van der Waals surface area (Å²) < 4.78 is 24.7. The zero-order valence-corrected chi connectivity index (χ0v) is 19.6. The minimum absolute atomic E-state index is 0.0482. The van der Waals surface area contributed by atoms with E-state index in [1.165, 1.54) is 25.3 Å². The summed E-state index contributed by atoms with van der Waals surface area (Å²) >= 11 is 13.3. The molecule has 2 N–H and O–H groups in total. The average molecular weight is 508 g/mol. The molecule has 0 aliphatic rings. The van der Waals surface area contributed by atoms with Crippen molar-refractivity contribution in [3.63, 3.8) is 0 Å². The van der Waals surface area contributed by atoms with Gasteiger partial charge in [-0.1, -0.05) is 46.7 Å². The molecular weight excluding hydrogens is 492 g/mol. The third-order valence-electron chi connectivity index (χ3n) is 4.67. The topological polar surface area (TPSA) is 93.3 Å². The van der Waals surface area contributed by atoms with E-state index in [0.29, 0.717) is 21.5 Å². The summed E-state index contributed by atoms with van der Waals surface area (Å²) in [4.78, 5) is 32.1. The van der Waals surface area contributed by atoms with Gasteiger partial charge >= 0.3 is 5.97 Å². The largest absolute Gasteiger partial charge is 0.487 e. The Kier molecular flexibility index (Phi) is 6.55. The van der Waals surface area contributed by atoms with Gasteiger partial charge in [-0.15, -0.1) is 0 Å². The maximum Gasteiger partial charge on any atom is 0.338 e. The van der Waals surface area contributed by atoms with Gasteiger partial charge in [0.1, 0.15) is 29.4 Å². The van der Waals surface area contributed by atoms with Crippen molar-refractivity contribution < 1.29 is 23.5 Å². The predicted octanol–water partition coefficient (Wildman–Crippen LogP) is 6.00. The summed E-state index contributed by atoms with van der Waals surface area (Å²) in [5, 5.41) is 3.31. The third-order valence-corrected chi connectivity index (χ3v) is 6.53. The Morgan fingerprint density at radius 1 is 1.21 bits per heavy atom. The van der Waals surface area contributed by atoms with Crippen LogP contribution < -0.4 is 10.1 Å². The number of esters is 1. The lowest BCUT2D eigenvalue weighted by atomic mass is 10.2. The van der Waals surface area contributed by atoms with Gasteiger partial charge in [-0.2, -0.15) is 0 Å². The van der Waals surface area contributed by atoms with Gasteiger partial charge in [0.15, 0.2) is 5.13 Å². The number of aryl methyl sites for hydroxylation is 1. The molecule has 11 heteroatoms. The van der Waals surface area contributed by atoms with Crippen molar-refractivity contribution in [3.05, 3.63) is 74.8 Å². The Labute approximate surface area is 201 Å². The van der Waals surface area contributed by atoms with Crippen molar-refractivity contribution in [2.75, 3.05) is 12.4 Å². The molecular formula is C22H16Cl2FN3O4S. The molecule has 2 aromatic heterocycles. The second kappa shape index (κ2) is 9.38. The zero-order chi connectivity index (χ0) is 23.7. The first kappa shape index (κ1) is 23.0. The molecule has 0 bridgehead atoms. The molecule has 4 aromatic rings. The zero-order valence-electron chi connectivity index (χ0n) is 17.3. The predicted molar refractivity (Wildman–Crippen MR) is 125 cm³/mol. The fourth-order valence-electron chi connectivity index (χ4n) is 3.07. The molecule has 0 saturated carbocycles. The van der Waals surface area contributed by atoms with Crippen LogP contribution in [0.5, 0.6) is 5.75 Å². The average Bonchev–Trinajstić information content (AvgIpc) is 3.32. The van der Waals surface area contributed by atoms with E-state index in [2.05, 4.69) is 15.3 Å². The van der Waals surface area contributed by atoms with Crippen molar-refractivity contribution >= 4 is 61.8 Å². The number of aromatic nitrogens is 2. The fourth-order valence-corrected chi connectivity index (χ4v) is 4.41. The van der Waals surface area contributed by atoms with E-state index in [9.17, 15) is 14.0 Å². The van der Waals surface area contributed by atoms with Crippen LogP contribution in [-0.2, 0) is 11.3 Å². The Hall–Kier alpha value is -3.14. The van der Waals surface area contributed by atoms with Gasteiger partial charge in [-0.25, -0.2) is 14.2 Å². The van der Waals surface area contributed by atoms with Gasteiger partial charge in [0, 0.05) is 5.69 Å². The molecule has 0 radical (unpaired) electrons. The Morgan fingerprint density at radius 3 is 2.67 bits per heavy atom. The normalized spacial score (nSPS) is 10.9. The van der Waals surface area contributed by atoms with Crippen LogP contribution in [0.3, 0.4) is 0 Å². The lowest BCUT2D eigenvalue weighted by Crippen LogP contribution is -2.12. The first-order chi connectivity index (χ1) is 15.8. The van der Waals surface area contributed by atoms with Crippen LogP contribution in [0.25, 0.3) is 10.2 Å². The Morgan fingerprint density at radius 2 is 2.00 bits per heavy atom. The number of methoxy groups -OCH3 is 1. The lowest BCUT2D eigenvalue weighted by Gasteiger charge is -2.09. The Bertz CT molecular complexity index is 1390. The summed E-state index contributed by atoms with van der Waals surface area (Å²) in [6, 6.07) is 9.05. The number of fused-ring (bicyclic) bond motifs is 1. The second-order valence-electron chi connectivity index (χ2n) is 6.96. The molecule has 2 aromatic carbocycles. The fraction of sp³-hybridized carbons (Fsp3) is 0.136. The molecule has 0 saturated heterocycles. The second-order valence-corrected chi connectivity index (χ2v) is 8.74. The molecule has 0 spiro atoms. The van der Waals surface area contributed by atoms with Crippen molar-refractivity contribution in [1.29, 1.82) is 0 Å². The third kappa shape index (κ3) is 4.80. The van der Waals surface area contributed by atoms with Crippen LogP contribution in [0.15, 0.2) is 36.4 Å². The first-order valence-corrected chi connectivity index (χ1v) is 11.1. The number of halogens is 3. The molecule has 0 aliphatic heterocycles. The molecule has 0 fully saturated rings. The smallest absolute Gasteiger partial charge is 0.338 e. The number of hydrogen-bond donors (Lipinski definition) is 2. The van der Waals surface area contributed by atoms with Crippen LogP contribution in [0.1, 0.15) is 32.1 Å². The number of amides is 1. The van der Waals surface area contributed by atoms with Crippen LogP contribution in [0.2, 0.25) is 10.0 Å². The van der Waals surface area contributed by atoms with Crippen molar-refractivity contribution in [2.45, 2.75) is 13.5 Å². The summed E-state index contributed by atoms with van der Waals surface area (Å²) in [6.45, 7) is 1.74. The summed E-state index contributed by atoms with van der Waals surface area (Å²) in [7, 11) is 1.27. The SMILES string of the molecule is COC(=O)c1cc(OCc2cccc(F)c2)c2nc(NC(=O)c3[nH]c(C)c(Cl)c3Cl)sc2c1. The monoisotopic (exact) mass is 507 g/mol. The summed E-state index contributed by atoms with van der Waals surface area (Å²) in [5.41, 5.74) is 1.94. The number of nitrogens with zero attached hydrogens (tertiary/aromatic N) is 1. The first-order valence-electron chi connectivity index (χ1n) is 9.52. The lowest BCUT2D eigenvalue weighted by molar-refractivity contribution is 0.0600. The maximum absolute atomic E-state index is 13.5. The van der Waals surface area contributed by atoms with Crippen molar-refractivity contribution in [2.24, 2.45) is 0 Å². The van der Waals surface area contributed by atoms with E-state index in [4.69, 9.17) is 32.7 Å². The molecule has 7 nitrogen and oxygen atoms in total. The van der Waals surface area contributed by atoms with Crippen molar-refractivity contribution in [1.82, 2.24) is 9.97 Å². The molecule has 0 atom stereocenters. The Balaban J connectivity index is 1.67. The van der Waals surface area contributed by atoms with E-state index in [0.717, 1.165) is 11.3 Å². The van der Waals surface area contributed by atoms with E-state index >= 15 is 0 Å².